The summed E-state index contributed by atoms with van der Waals surface area (Å²) in [4.78, 5) is 16.7. The number of aromatic nitrogens is 5. The number of nitrogens with one attached hydrogen (secondary N) is 2. The minimum atomic E-state index is -0.325. The number of fused-ring (bicyclic) bond motifs is 2. The summed E-state index contributed by atoms with van der Waals surface area (Å²) in [5.74, 6) is 0.684. The Hall–Kier alpha value is -3.66. The third-order valence-corrected chi connectivity index (χ3v) is 6.15. The fourth-order valence-corrected chi connectivity index (χ4v) is 4.41. The van der Waals surface area contributed by atoms with E-state index in [2.05, 4.69) is 34.3 Å². The summed E-state index contributed by atoms with van der Waals surface area (Å²) >= 11 is 5.55. The molecule has 1 unspecified atom stereocenters. The molecule has 1 amide bonds. The van der Waals surface area contributed by atoms with E-state index in [-0.39, 0.29) is 23.6 Å². The van der Waals surface area contributed by atoms with E-state index in [1.807, 2.05) is 23.6 Å². The molecule has 2 aromatic heterocycles. The molecule has 1 aliphatic heterocycles. The van der Waals surface area contributed by atoms with Gasteiger partial charge in [-0.2, -0.15) is 5.10 Å². The molecule has 164 valence electrons. The predicted molar refractivity (Wildman–Crippen MR) is 123 cm³/mol. The number of rotatable bonds is 4. The summed E-state index contributed by atoms with van der Waals surface area (Å²) in [6.45, 7) is 5.97. The Kier molecular flexibility index (Phi) is 4.55. The van der Waals surface area contributed by atoms with Crippen molar-refractivity contribution in [1.82, 2.24) is 24.3 Å². The van der Waals surface area contributed by atoms with Crippen molar-refractivity contribution in [1.29, 1.82) is 0 Å². The molecular formula is C22H22N6O3S. The second-order valence-electron chi connectivity index (χ2n) is 8.09. The van der Waals surface area contributed by atoms with E-state index in [0.717, 1.165) is 11.1 Å². The molecule has 0 saturated carbocycles. The highest BCUT2D eigenvalue weighted by molar-refractivity contribution is 7.71. The van der Waals surface area contributed by atoms with Crippen molar-refractivity contribution in [2.24, 2.45) is 0 Å². The summed E-state index contributed by atoms with van der Waals surface area (Å²) in [7, 11) is 1.63. The van der Waals surface area contributed by atoms with Crippen LogP contribution < -0.4 is 10.1 Å². The number of carbonyl (C=O) groups excluding carboxylic acids is 1. The minimum Gasteiger partial charge on any atom is -0.507 e. The van der Waals surface area contributed by atoms with Crippen LogP contribution in [0.1, 0.15) is 38.3 Å². The highest BCUT2D eigenvalue weighted by atomic mass is 32.1. The number of anilines is 1. The average molecular weight is 451 g/mol. The number of aromatic hydroxyl groups is 1. The minimum absolute atomic E-state index is 0.00846. The molecule has 0 spiro atoms. The van der Waals surface area contributed by atoms with Crippen molar-refractivity contribution in [2.45, 2.75) is 32.7 Å². The fraction of sp³-hybridized carbons (Fsp3) is 0.273. The van der Waals surface area contributed by atoms with Crippen LogP contribution in [-0.4, -0.2) is 42.4 Å². The number of hydrogen-bond donors (Lipinski definition) is 3. The van der Waals surface area contributed by atoms with E-state index < -0.39 is 0 Å². The van der Waals surface area contributed by atoms with Gasteiger partial charge in [0.1, 0.15) is 22.5 Å². The van der Waals surface area contributed by atoms with Gasteiger partial charge in [0.15, 0.2) is 10.6 Å². The molecule has 0 saturated heterocycles. The number of ether oxygens (including phenoxy) is 1. The van der Waals surface area contributed by atoms with Gasteiger partial charge in [-0.1, -0.05) is 0 Å². The summed E-state index contributed by atoms with van der Waals surface area (Å²) < 4.78 is 9.72. The van der Waals surface area contributed by atoms with Crippen LogP contribution >= 0.6 is 12.2 Å². The van der Waals surface area contributed by atoms with Crippen LogP contribution in [0.25, 0.3) is 28.1 Å². The number of methoxy groups -OCH3 is 1. The second kappa shape index (κ2) is 7.20. The van der Waals surface area contributed by atoms with Gasteiger partial charge in [-0.3, -0.25) is 14.5 Å². The molecule has 1 atom stereocenters. The maximum absolute atomic E-state index is 12.1. The van der Waals surface area contributed by atoms with Crippen molar-refractivity contribution in [2.75, 3.05) is 12.4 Å². The predicted octanol–water partition coefficient (Wildman–Crippen LogP) is 4.30. The largest absolute Gasteiger partial charge is 0.507 e. The van der Waals surface area contributed by atoms with Gasteiger partial charge in [0, 0.05) is 17.8 Å². The van der Waals surface area contributed by atoms with Gasteiger partial charge >= 0.3 is 0 Å². The molecule has 0 fully saturated rings. The quantitative estimate of drug-likeness (QED) is 0.400. The first-order valence-corrected chi connectivity index (χ1v) is 10.6. The molecule has 32 heavy (non-hydrogen) atoms. The Bertz CT molecular complexity index is 1450. The Balaban J connectivity index is 1.77. The molecule has 1 aliphatic rings. The van der Waals surface area contributed by atoms with E-state index in [1.165, 1.54) is 0 Å². The van der Waals surface area contributed by atoms with Gasteiger partial charge in [0.05, 0.1) is 30.6 Å². The first-order chi connectivity index (χ1) is 15.3. The maximum atomic E-state index is 12.1. The number of benzene rings is 2. The van der Waals surface area contributed by atoms with Crippen LogP contribution in [0.2, 0.25) is 0 Å². The second-order valence-corrected chi connectivity index (χ2v) is 8.47. The molecular weight excluding hydrogens is 428 g/mol. The Labute approximate surface area is 188 Å². The zero-order chi connectivity index (χ0) is 22.7. The summed E-state index contributed by atoms with van der Waals surface area (Å²) in [5.41, 5.74) is 4.11. The fourth-order valence-electron chi connectivity index (χ4n) is 4.18. The molecule has 9 nitrogen and oxygen atoms in total. The van der Waals surface area contributed by atoms with Crippen molar-refractivity contribution >= 4 is 34.8 Å². The highest BCUT2D eigenvalue weighted by Crippen LogP contribution is 2.41. The van der Waals surface area contributed by atoms with Crippen molar-refractivity contribution in [3.63, 3.8) is 0 Å². The lowest BCUT2D eigenvalue weighted by Gasteiger charge is -2.14. The first-order valence-electron chi connectivity index (χ1n) is 10.2. The smallest absolute Gasteiger partial charge is 0.231 e. The monoisotopic (exact) mass is 450 g/mol. The summed E-state index contributed by atoms with van der Waals surface area (Å²) in [6.07, 6.45) is 1.77. The van der Waals surface area contributed by atoms with Gasteiger partial charge in [-0.15, -0.1) is 0 Å². The molecule has 0 aliphatic carbocycles. The molecule has 3 heterocycles. The van der Waals surface area contributed by atoms with Crippen LogP contribution in [0.15, 0.2) is 30.6 Å². The van der Waals surface area contributed by atoms with E-state index in [4.69, 9.17) is 17.0 Å². The number of phenols is 1. The SMILES string of the molecule is COc1ccc(-n2c(-c3cc4c(cc3O)NC(=O)C4C)n[nH]c2=S)c2ncn(C(C)C)c12. The zero-order valence-corrected chi connectivity index (χ0v) is 18.8. The highest BCUT2D eigenvalue weighted by Gasteiger charge is 2.29. The lowest BCUT2D eigenvalue weighted by atomic mass is 9.99. The van der Waals surface area contributed by atoms with Crippen LogP contribution in [-0.2, 0) is 4.79 Å². The number of nitrogens with zero attached hydrogens (tertiary/aromatic N) is 4. The first kappa shape index (κ1) is 20.3. The number of aromatic amines is 1. The Morgan fingerprint density at radius 1 is 1.28 bits per heavy atom. The summed E-state index contributed by atoms with van der Waals surface area (Å²) in [6, 6.07) is 7.23. The molecule has 0 radical (unpaired) electrons. The van der Waals surface area contributed by atoms with Crippen LogP contribution in [0.3, 0.4) is 0 Å². The number of H-pyrrole nitrogens is 1. The van der Waals surface area contributed by atoms with E-state index >= 15 is 0 Å². The van der Waals surface area contributed by atoms with Gasteiger partial charge < -0.3 is 19.7 Å². The van der Waals surface area contributed by atoms with Gasteiger partial charge in [0.2, 0.25) is 5.91 Å². The van der Waals surface area contributed by atoms with Crippen molar-refractivity contribution in [3.8, 4) is 28.6 Å². The van der Waals surface area contributed by atoms with Crippen LogP contribution in [0.4, 0.5) is 5.69 Å². The topological polar surface area (TPSA) is 110 Å². The van der Waals surface area contributed by atoms with Crippen molar-refractivity contribution < 1.29 is 14.6 Å². The average Bonchev–Trinajstić information content (AvgIpc) is 3.43. The summed E-state index contributed by atoms with van der Waals surface area (Å²) in [5, 5.41) is 20.8. The van der Waals surface area contributed by atoms with Crippen LogP contribution in [0.5, 0.6) is 11.5 Å². The van der Waals surface area contributed by atoms with Gasteiger partial charge in [-0.25, -0.2) is 4.98 Å². The third kappa shape index (κ3) is 2.83. The molecule has 0 bridgehead atoms. The zero-order valence-electron chi connectivity index (χ0n) is 18.0. The van der Waals surface area contributed by atoms with Gasteiger partial charge in [-0.05, 0) is 56.8 Å². The molecule has 10 heteroatoms. The number of imidazole rings is 1. The van der Waals surface area contributed by atoms with E-state index in [9.17, 15) is 9.90 Å². The maximum Gasteiger partial charge on any atom is 0.231 e. The lowest BCUT2D eigenvalue weighted by molar-refractivity contribution is -0.116. The lowest BCUT2D eigenvalue weighted by Crippen LogP contribution is -2.08. The standard InChI is InChI=1S/C22H22N6O3S/c1-10(2)27-9-23-18-15(5-6-17(31-4)19(18)27)28-20(25-26-22(28)32)13-7-12-11(3)21(30)24-14(12)8-16(13)29/h5-11,29H,1-4H3,(H,24,30)(H,26,32). The van der Waals surface area contributed by atoms with E-state index in [1.54, 1.807) is 30.1 Å². The van der Waals surface area contributed by atoms with E-state index in [0.29, 0.717) is 38.8 Å². The number of amides is 1. The Morgan fingerprint density at radius 3 is 2.78 bits per heavy atom. The van der Waals surface area contributed by atoms with Gasteiger partial charge in [0.25, 0.3) is 0 Å². The molecule has 3 N–H and O–H groups in total. The molecule has 4 aromatic rings. The number of carbonyl (C=O) groups is 1. The number of hydrogen-bond acceptors (Lipinski definition) is 6. The number of phenolic OH excluding ortho intramolecular Hbond substituents is 1. The normalized spacial score (nSPS) is 15.4. The third-order valence-electron chi connectivity index (χ3n) is 5.88. The van der Waals surface area contributed by atoms with Crippen LogP contribution in [0, 0.1) is 4.77 Å². The van der Waals surface area contributed by atoms with Crippen molar-refractivity contribution in [3.05, 3.63) is 40.9 Å². The Morgan fingerprint density at radius 2 is 2.06 bits per heavy atom. The molecule has 2 aromatic carbocycles. The molecule has 5 rings (SSSR count).